The summed E-state index contributed by atoms with van der Waals surface area (Å²) in [6, 6.07) is 3.30. The van der Waals surface area contributed by atoms with Gasteiger partial charge in [0.2, 0.25) is 10.0 Å². The second kappa shape index (κ2) is 5.03. The van der Waals surface area contributed by atoms with Crippen molar-refractivity contribution < 1.29 is 18.3 Å². The Morgan fingerprint density at radius 2 is 2.00 bits per heavy atom. The molecule has 0 saturated heterocycles. The molecule has 0 aromatic heterocycles. The van der Waals surface area contributed by atoms with Crippen molar-refractivity contribution in [3.8, 4) is 0 Å². The fourth-order valence-corrected chi connectivity index (χ4v) is 2.88. The molecular weight excluding hydrogens is 266 g/mol. The molecule has 1 aromatic carbocycles. The summed E-state index contributed by atoms with van der Waals surface area (Å²) in [4.78, 5) is 10.7. The summed E-state index contributed by atoms with van der Waals surface area (Å²) < 4.78 is 26.0. The van der Waals surface area contributed by atoms with Gasteiger partial charge in [0.25, 0.3) is 0 Å². The molecule has 94 valence electrons. The lowest BCUT2D eigenvalue weighted by Gasteiger charge is -2.11. The van der Waals surface area contributed by atoms with Gasteiger partial charge in [-0.25, -0.2) is 17.9 Å². The monoisotopic (exact) mass is 277 g/mol. The molecule has 0 fully saturated rings. The summed E-state index contributed by atoms with van der Waals surface area (Å²) in [6.07, 6.45) is 0. The summed E-state index contributed by atoms with van der Waals surface area (Å²) in [7, 11) is -3.84. The zero-order valence-corrected chi connectivity index (χ0v) is 10.8. The van der Waals surface area contributed by atoms with Crippen LogP contribution in [0.15, 0.2) is 23.1 Å². The minimum Gasteiger partial charge on any atom is -0.478 e. The van der Waals surface area contributed by atoms with E-state index in [1.54, 1.807) is 13.8 Å². The maximum atomic E-state index is 11.9. The Kier molecular flexibility index (Phi) is 4.13. The van der Waals surface area contributed by atoms with Crippen LogP contribution in [0.3, 0.4) is 0 Å². The smallest absolute Gasteiger partial charge is 0.337 e. The fourth-order valence-electron chi connectivity index (χ4n) is 1.28. The molecule has 0 unspecified atom stereocenters. The van der Waals surface area contributed by atoms with Gasteiger partial charge in [-0.3, -0.25) is 0 Å². The Morgan fingerprint density at radius 1 is 1.41 bits per heavy atom. The van der Waals surface area contributed by atoms with Crippen molar-refractivity contribution in [2.24, 2.45) is 0 Å². The van der Waals surface area contributed by atoms with Crippen molar-refractivity contribution in [3.05, 3.63) is 28.8 Å². The third-order valence-electron chi connectivity index (χ3n) is 1.85. The lowest BCUT2D eigenvalue weighted by Crippen LogP contribution is -2.31. The largest absolute Gasteiger partial charge is 0.478 e. The molecule has 5 nitrogen and oxygen atoms in total. The van der Waals surface area contributed by atoms with Crippen LogP contribution in [0.1, 0.15) is 24.2 Å². The topological polar surface area (TPSA) is 83.5 Å². The number of carbonyl (C=O) groups is 1. The van der Waals surface area contributed by atoms with Crippen LogP contribution in [0.2, 0.25) is 5.02 Å². The predicted octanol–water partition coefficient (Wildman–Crippen LogP) is 1.72. The number of carboxylic acids is 1. The highest BCUT2D eigenvalue weighted by Gasteiger charge is 2.23. The summed E-state index contributed by atoms with van der Waals surface area (Å²) in [6.45, 7) is 3.29. The van der Waals surface area contributed by atoms with Gasteiger partial charge in [0.05, 0.1) is 10.5 Å². The first-order chi connectivity index (χ1) is 7.74. The molecule has 0 spiro atoms. The molecule has 0 aliphatic heterocycles. The average Bonchev–Trinajstić information content (AvgIpc) is 2.14. The Bertz CT molecular complexity index is 539. The molecular formula is C10H12ClNO4S. The number of sulfonamides is 1. The molecule has 0 bridgehead atoms. The SMILES string of the molecule is CC(C)NS(=O)(=O)c1ccc(Cl)cc1C(=O)O. The van der Waals surface area contributed by atoms with Crippen LogP contribution < -0.4 is 4.72 Å². The van der Waals surface area contributed by atoms with Crippen LogP contribution >= 0.6 is 11.6 Å². The molecule has 17 heavy (non-hydrogen) atoms. The number of hydrogen-bond donors (Lipinski definition) is 2. The minimum absolute atomic E-state index is 0.172. The van der Waals surface area contributed by atoms with Crippen LogP contribution in [0.5, 0.6) is 0 Å². The predicted molar refractivity (Wildman–Crippen MR) is 63.9 cm³/mol. The maximum Gasteiger partial charge on any atom is 0.337 e. The first kappa shape index (κ1) is 14.0. The van der Waals surface area contributed by atoms with Gasteiger partial charge in [-0.1, -0.05) is 11.6 Å². The molecule has 0 amide bonds. The molecule has 0 radical (unpaired) electrons. The summed E-state index contributed by atoms with van der Waals surface area (Å²) in [5.41, 5.74) is -0.342. The summed E-state index contributed by atoms with van der Waals surface area (Å²) in [5, 5.41) is 9.11. The van der Waals surface area contributed by atoms with Crippen LogP contribution in [0.4, 0.5) is 0 Å². The highest BCUT2D eigenvalue weighted by molar-refractivity contribution is 7.89. The Balaban J connectivity index is 3.36. The van der Waals surface area contributed by atoms with Crippen LogP contribution in [-0.2, 0) is 10.0 Å². The lowest BCUT2D eigenvalue weighted by molar-refractivity contribution is 0.0692. The maximum absolute atomic E-state index is 11.9. The second-order valence-corrected chi connectivity index (χ2v) is 5.84. The number of nitrogens with one attached hydrogen (secondary N) is 1. The molecule has 2 N–H and O–H groups in total. The average molecular weight is 278 g/mol. The fraction of sp³-hybridized carbons (Fsp3) is 0.300. The van der Waals surface area contributed by atoms with Crippen LogP contribution in [0.25, 0.3) is 0 Å². The first-order valence-electron chi connectivity index (χ1n) is 4.79. The standard InChI is InChI=1S/C10H12ClNO4S/c1-6(2)12-17(15,16)9-4-3-7(11)5-8(9)10(13)14/h3-6,12H,1-2H3,(H,13,14). The van der Waals surface area contributed by atoms with Crippen LogP contribution in [0, 0.1) is 0 Å². The summed E-state index contributed by atoms with van der Waals surface area (Å²) >= 11 is 5.64. The van der Waals surface area contributed by atoms with E-state index >= 15 is 0 Å². The first-order valence-corrected chi connectivity index (χ1v) is 6.65. The van der Waals surface area contributed by atoms with Gasteiger partial charge in [-0.05, 0) is 32.0 Å². The number of rotatable bonds is 4. The molecule has 0 atom stereocenters. The van der Waals surface area contributed by atoms with Crippen LogP contribution in [-0.4, -0.2) is 25.5 Å². The van der Waals surface area contributed by atoms with E-state index in [9.17, 15) is 13.2 Å². The van der Waals surface area contributed by atoms with Crippen molar-refractivity contribution in [1.29, 1.82) is 0 Å². The number of halogens is 1. The molecule has 1 rings (SSSR count). The normalized spacial score (nSPS) is 11.8. The van der Waals surface area contributed by atoms with E-state index < -0.39 is 16.0 Å². The van der Waals surface area contributed by atoms with E-state index in [0.29, 0.717) is 0 Å². The Hall–Kier alpha value is -1.11. The zero-order valence-electron chi connectivity index (χ0n) is 9.27. The molecule has 1 aromatic rings. The van der Waals surface area contributed by atoms with Crippen molar-refractivity contribution in [1.82, 2.24) is 4.72 Å². The third-order valence-corrected chi connectivity index (χ3v) is 3.80. The van der Waals surface area contributed by atoms with Gasteiger partial charge in [0.15, 0.2) is 0 Å². The molecule has 7 heteroatoms. The van der Waals surface area contributed by atoms with Crippen molar-refractivity contribution in [2.45, 2.75) is 24.8 Å². The lowest BCUT2D eigenvalue weighted by atomic mass is 10.2. The van der Waals surface area contributed by atoms with Gasteiger partial charge < -0.3 is 5.11 Å². The molecule has 0 heterocycles. The Morgan fingerprint density at radius 3 is 2.47 bits per heavy atom. The van der Waals surface area contributed by atoms with Gasteiger partial charge in [-0.15, -0.1) is 0 Å². The molecule has 0 aliphatic rings. The van der Waals surface area contributed by atoms with Gasteiger partial charge in [0, 0.05) is 11.1 Å². The minimum atomic E-state index is -3.84. The van der Waals surface area contributed by atoms with Gasteiger partial charge >= 0.3 is 5.97 Å². The van der Waals surface area contributed by atoms with Crippen molar-refractivity contribution in [3.63, 3.8) is 0 Å². The van der Waals surface area contributed by atoms with Crippen molar-refractivity contribution >= 4 is 27.6 Å². The van der Waals surface area contributed by atoms with E-state index in [0.717, 1.165) is 6.07 Å². The quantitative estimate of drug-likeness (QED) is 0.878. The summed E-state index contributed by atoms with van der Waals surface area (Å²) in [5.74, 6) is -1.34. The highest BCUT2D eigenvalue weighted by Crippen LogP contribution is 2.20. The van der Waals surface area contributed by atoms with E-state index in [1.165, 1.54) is 12.1 Å². The van der Waals surface area contributed by atoms with E-state index in [-0.39, 0.29) is 21.5 Å². The van der Waals surface area contributed by atoms with E-state index in [4.69, 9.17) is 16.7 Å². The van der Waals surface area contributed by atoms with Gasteiger partial charge in [-0.2, -0.15) is 0 Å². The second-order valence-electron chi connectivity index (χ2n) is 3.72. The molecule has 0 saturated carbocycles. The number of aromatic carboxylic acids is 1. The number of hydrogen-bond acceptors (Lipinski definition) is 3. The number of benzene rings is 1. The highest BCUT2D eigenvalue weighted by atomic mass is 35.5. The van der Waals surface area contributed by atoms with Crippen molar-refractivity contribution in [2.75, 3.05) is 0 Å². The third kappa shape index (κ3) is 3.42. The van der Waals surface area contributed by atoms with E-state index in [1.807, 2.05) is 0 Å². The molecule has 0 aliphatic carbocycles. The number of carboxylic acid groups (broad SMARTS) is 1. The van der Waals surface area contributed by atoms with E-state index in [2.05, 4.69) is 4.72 Å². The van der Waals surface area contributed by atoms with Gasteiger partial charge in [0.1, 0.15) is 0 Å². The zero-order chi connectivity index (χ0) is 13.2. The Labute approximate surface area is 104 Å².